The first kappa shape index (κ1) is 13.4. The molecule has 0 spiro atoms. The molecule has 0 fully saturated rings. The summed E-state index contributed by atoms with van der Waals surface area (Å²) < 4.78 is 0. The Balaban J connectivity index is 1.73. The number of phenolic OH excluding ortho intramolecular Hbond substituents is 1. The third kappa shape index (κ3) is 3.11. The zero-order valence-electron chi connectivity index (χ0n) is 10.9. The highest BCUT2D eigenvalue weighted by Gasteiger charge is 2.04. The van der Waals surface area contributed by atoms with Crippen molar-refractivity contribution in [3.63, 3.8) is 0 Å². The van der Waals surface area contributed by atoms with Gasteiger partial charge in [0.2, 0.25) is 5.82 Å². The lowest BCUT2D eigenvalue weighted by Crippen LogP contribution is -1.99. The number of hydrogen-bond acceptors (Lipinski definition) is 5. The molecule has 1 heterocycles. The average Bonchev–Trinajstić information content (AvgIpc) is 3.03. The molecule has 2 aromatic carbocycles. The zero-order valence-corrected chi connectivity index (χ0v) is 11.7. The number of phenols is 1. The number of H-pyrrole nitrogens is 1. The minimum absolute atomic E-state index is 0.0829. The van der Waals surface area contributed by atoms with Gasteiger partial charge in [0, 0.05) is 17.8 Å². The van der Waals surface area contributed by atoms with Crippen molar-refractivity contribution < 1.29 is 5.11 Å². The fourth-order valence-electron chi connectivity index (χ4n) is 1.92. The van der Waals surface area contributed by atoms with Gasteiger partial charge in [0.1, 0.15) is 5.75 Å². The van der Waals surface area contributed by atoms with Gasteiger partial charge in [-0.2, -0.15) is 5.21 Å². The standard InChI is InChI=1S/C14H12ClN5O/c15-12-6-9(4-5-13(12)21)8-16-11-3-1-2-10(7-11)14-17-19-20-18-14/h1-7,16,21H,8H2,(H,17,18,19,20). The van der Waals surface area contributed by atoms with Crippen molar-refractivity contribution in [2.24, 2.45) is 0 Å². The van der Waals surface area contributed by atoms with E-state index in [1.807, 2.05) is 30.3 Å². The Kier molecular flexibility index (Phi) is 3.70. The molecule has 106 valence electrons. The topological polar surface area (TPSA) is 86.7 Å². The maximum Gasteiger partial charge on any atom is 0.204 e. The summed E-state index contributed by atoms with van der Waals surface area (Å²) in [5, 5.41) is 26.9. The molecule has 0 unspecified atom stereocenters. The third-order valence-corrected chi connectivity index (χ3v) is 3.28. The highest BCUT2D eigenvalue weighted by Crippen LogP contribution is 2.24. The number of nitrogens with one attached hydrogen (secondary N) is 2. The van der Waals surface area contributed by atoms with E-state index in [2.05, 4.69) is 25.9 Å². The van der Waals surface area contributed by atoms with E-state index in [4.69, 9.17) is 11.6 Å². The molecule has 7 heteroatoms. The lowest BCUT2D eigenvalue weighted by molar-refractivity contribution is 0.475. The number of halogens is 1. The summed E-state index contributed by atoms with van der Waals surface area (Å²) in [5.74, 6) is 0.630. The van der Waals surface area contributed by atoms with Gasteiger partial charge in [0.25, 0.3) is 0 Å². The molecule has 3 aromatic rings. The summed E-state index contributed by atoms with van der Waals surface area (Å²) in [4.78, 5) is 0. The quantitative estimate of drug-likeness (QED) is 0.690. The number of rotatable bonds is 4. The monoisotopic (exact) mass is 301 g/mol. The molecule has 6 nitrogen and oxygen atoms in total. The van der Waals surface area contributed by atoms with Gasteiger partial charge in [-0.3, -0.25) is 0 Å². The van der Waals surface area contributed by atoms with E-state index in [1.165, 1.54) is 0 Å². The minimum atomic E-state index is 0.0829. The molecule has 0 aliphatic heterocycles. The fraction of sp³-hybridized carbons (Fsp3) is 0.0714. The Morgan fingerprint density at radius 2 is 2.10 bits per heavy atom. The molecular weight excluding hydrogens is 290 g/mol. The summed E-state index contributed by atoms with van der Waals surface area (Å²) in [5.41, 5.74) is 2.78. The molecule has 21 heavy (non-hydrogen) atoms. The van der Waals surface area contributed by atoms with E-state index in [1.54, 1.807) is 12.1 Å². The van der Waals surface area contributed by atoms with Crippen molar-refractivity contribution in [2.45, 2.75) is 6.54 Å². The van der Waals surface area contributed by atoms with Crippen LogP contribution in [0.4, 0.5) is 5.69 Å². The number of nitrogens with zero attached hydrogens (tertiary/aromatic N) is 3. The van der Waals surface area contributed by atoms with E-state index < -0.39 is 0 Å². The van der Waals surface area contributed by atoms with E-state index in [0.717, 1.165) is 16.8 Å². The third-order valence-electron chi connectivity index (χ3n) is 2.97. The van der Waals surface area contributed by atoms with Crippen LogP contribution < -0.4 is 5.32 Å². The lowest BCUT2D eigenvalue weighted by atomic mass is 10.1. The van der Waals surface area contributed by atoms with Gasteiger partial charge in [0.15, 0.2) is 0 Å². The first-order chi connectivity index (χ1) is 10.2. The number of aromatic nitrogens is 4. The van der Waals surface area contributed by atoms with Crippen LogP contribution in [-0.4, -0.2) is 25.7 Å². The summed E-state index contributed by atoms with van der Waals surface area (Å²) in [6, 6.07) is 12.8. The van der Waals surface area contributed by atoms with Crippen molar-refractivity contribution in [1.82, 2.24) is 20.6 Å². The number of anilines is 1. The normalized spacial score (nSPS) is 10.5. The molecule has 0 radical (unpaired) electrons. The Morgan fingerprint density at radius 1 is 1.19 bits per heavy atom. The molecule has 0 aliphatic rings. The highest BCUT2D eigenvalue weighted by atomic mass is 35.5. The maximum atomic E-state index is 9.40. The van der Waals surface area contributed by atoms with Gasteiger partial charge >= 0.3 is 0 Å². The number of hydrogen-bond donors (Lipinski definition) is 3. The second kappa shape index (κ2) is 5.80. The van der Waals surface area contributed by atoms with Gasteiger partial charge in [0.05, 0.1) is 5.02 Å². The Bertz CT molecular complexity index is 745. The largest absolute Gasteiger partial charge is 0.506 e. The van der Waals surface area contributed by atoms with Gasteiger partial charge in [-0.15, -0.1) is 10.2 Å². The van der Waals surface area contributed by atoms with E-state index in [-0.39, 0.29) is 5.75 Å². The molecule has 0 amide bonds. The zero-order chi connectivity index (χ0) is 14.7. The van der Waals surface area contributed by atoms with Crippen LogP contribution in [0.5, 0.6) is 5.75 Å². The molecule has 0 aliphatic carbocycles. The number of benzene rings is 2. The SMILES string of the molecule is Oc1ccc(CNc2cccc(-c3nn[nH]n3)c2)cc1Cl. The van der Waals surface area contributed by atoms with Crippen molar-refractivity contribution in [2.75, 3.05) is 5.32 Å². The van der Waals surface area contributed by atoms with Crippen molar-refractivity contribution in [3.8, 4) is 17.1 Å². The van der Waals surface area contributed by atoms with Crippen molar-refractivity contribution in [3.05, 3.63) is 53.1 Å². The lowest BCUT2D eigenvalue weighted by Gasteiger charge is -2.08. The molecule has 0 saturated heterocycles. The molecule has 0 saturated carbocycles. The average molecular weight is 302 g/mol. The smallest absolute Gasteiger partial charge is 0.204 e. The summed E-state index contributed by atoms with van der Waals surface area (Å²) in [7, 11) is 0. The van der Waals surface area contributed by atoms with E-state index in [0.29, 0.717) is 17.4 Å². The Labute approximate surface area is 125 Å². The van der Waals surface area contributed by atoms with Crippen LogP contribution >= 0.6 is 11.6 Å². The molecule has 0 bridgehead atoms. The molecule has 1 aromatic heterocycles. The summed E-state index contributed by atoms with van der Waals surface area (Å²) >= 11 is 5.88. The van der Waals surface area contributed by atoms with Gasteiger partial charge in [-0.05, 0) is 35.0 Å². The van der Waals surface area contributed by atoms with Crippen LogP contribution in [0.2, 0.25) is 5.02 Å². The predicted molar refractivity (Wildman–Crippen MR) is 80.1 cm³/mol. The second-order valence-corrected chi connectivity index (χ2v) is 4.86. The molecular formula is C14H12ClN5O. The summed E-state index contributed by atoms with van der Waals surface area (Å²) in [6.45, 7) is 0.593. The van der Waals surface area contributed by atoms with Crippen LogP contribution in [0, 0.1) is 0 Å². The molecule has 3 N–H and O–H groups in total. The maximum absolute atomic E-state index is 9.40. The van der Waals surface area contributed by atoms with Gasteiger partial charge in [-0.25, -0.2) is 0 Å². The predicted octanol–water partition coefficient (Wildman–Crippen LogP) is 2.84. The van der Waals surface area contributed by atoms with Gasteiger partial charge < -0.3 is 10.4 Å². The fourth-order valence-corrected chi connectivity index (χ4v) is 2.12. The second-order valence-electron chi connectivity index (χ2n) is 4.46. The Hall–Kier alpha value is -2.60. The van der Waals surface area contributed by atoms with Crippen molar-refractivity contribution in [1.29, 1.82) is 0 Å². The first-order valence-corrected chi connectivity index (χ1v) is 6.65. The molecule has 3 rings (SSSR count). The summed E-state index contributed by atoms with van der Waals surface area (Å²) in [6.07, 6.45) is 0. The first-order valence-electron chi connectivity index (χ1n) is 6.27. The van der Waals surface area contributed by atoms with Crippen LogP contribution in [0.25, 0.3) is 11.4 Å². The van der Waals surface area contributed by atoms with Crippen LogP contribution in [0.15, 0.2) is 42.5 Å². The van der Waals surface area contributed by atoms with E-state index in [9.17, 15) is 5.11 Å². The van der Waals surface area contributed by atoms with Crippen molar-refractivity contribution >= 4 is 17.3 Å². The number of tetrazole rings is 1. The highest BCUT2D eigenvalue weighted by molar-refractivity contribution is 6.32. The van der Waals surface area contributed by atoms with Gasteiger partial charge in [-0.1, -0.05) is 29.8 Å². The van der Waals surface area contributed by atoms with Crippen LogP contribution in [0.1, 0.15) is 5.56 Å². The number of aromatic hydroxyl groups is 1. The van der Waals surface area contributed by atoms with Crippen LogP contribution in [-0.2, 0) is 6.54 Å². The van der Waals surface area contributed by atoms with Crippen LogP contribution in [0.3, 0.4) is 0 Å². The van der Waals surface area contributed by atoms with E-state index >= 15 is 0 Å². The Morgan fingerprint density at radius 3 is 2.86 bits per heavy atom. The molecule has 0 atom stereocenters. The minimum Gasteiger partial charge on any atom is -0.506 e. The number of aromatic amines is 1.